The van der Waals surface area contributed by atoms with Crippen molar-refractivity contribution in [2.75, 3.05) is 0 Å². The second kappa shape index (κ2) is 7.65. The van der Waals surface area contributed by atoms with Crippen LogP contribution < -0.4 is 5.32 Å². The smallest absolute Gasteiger partial charge is 0.326 e. The van der Waals surface area contributed by atoms with Gasteiger partial charge in [-0.3, -0.25) is 4.79 Å². The summed E-state index contributed by atoms with van der Waals surface area (Å²) < 4.78 is 0. The number of rotatable bonds is 6. The van der Waals surface area contributed by atoms with Gasteiger partial charge in [-0.15, -0.1) is 0 Å². The molecular weight excluding hydrogens is 348 g/mol. The van der Waals surface area contributed by atoms with Gasteiger partial charge >= 0.3 is 5.97 Å². The van der Waals surface area contributed by atoms with Gasteiger partial charge in [0.05, 0.1) is 0 Å². The summed E-state index contributed by atoms with van der Waals surface area (Å²) in [4.78, 5) is 26.7. The zero-order chi connectivity index (χ0) is 19.4. The Balaban J connectivity index is 1.70. The molecule has 2 aromatic carbocycles. The summed E-state index contributed by atoms with van der Waals surface area (Å²) in [6.45, 7) is 0. The van der Waals surface area contributed by atoms with Crippen molar-refractivity contribution in [2.45, 2.75) is 12.5 Å². The van der Waals surface area contributed by atoms with Gasteiger partial charge in [-0.05, 0) is 35.4 Å². The number of carbonyl (C=O) groups is 2. The van der Waals surface area contributed by atoms with Crippen molar-refractivity contribution in [3.63, 3.8) is 0 Å². The average molecular weight is 366 g/mol. The summed E-state index contributed by atoms with van der Waals surface area (Å²) >= 11 is 0. The number of H-pyrrole nitrogens is 1. The first-order valence-corrected chi connectivity index (χ1v) is 8.22. The van der Waals surface area contributed by atoms with Crippen LogP contribution in [0.4, 0.5) is 0 Å². The third-order valence-electron chi connectivity index (χ3n) is 4.14. The number of para-hydroxylation sites is 1. The molecule has 7 nitrogen and oxygen atoms in total. The number of nitrogens with one attached hydrogen (secondary N) is 2. The molecule has 0 saturated carbocycles. The molecule has 0 bridgehead atoms. The Labute approximate surface area is 154 Å². The molecule has 7 heteroatoms. The van der Waals surface area contributed by atoms with E-state index >= 15 is 0 Å². The molecule has 0 spiro atoms. The van der Waals surface area contributed by atoms with Crippen LogP contribution in [-0.4, -0.2) is 38.2 Å². The molecule has 1 amide bonds. The number of aromatic nitrogens is 1. The number of carboxylic acid groups (broad SMARTS) is 1. The van der Waals surface area contributed by atoms with Gasteiger partial charge in [0.15, 0.2) is 11.5 Å². The van der Waals surface area contributed by atoms with Crippen molar-refractivity contribution in [3.8, 4) is 11.5 Å². The highest BCUT2D eigenvalue weighted by atomic mass is 16.4. The SMILES string of the molecule is O=C(/C=C/c1ccc(O)c(O)c1)N[C@@H](Cc1c[nH]c2ccccc12)C(=O)O. The van der Waals surface area contributed by atoms with Gasteiger partial charge in [-0.1, -0.05) is 24.3 Å². The lowest BCUT2D eigenvalue weighted by Crippen LogP contribution is -2.41. The van der Waals surface area contributed by atoms with E-state index in [-0.39, 0.29) is 17.9 Å². The Hall–Kier alpha value is -3.74. The number of carbonyl (C=O) groups excluding carboxylic acids is 1. The molecule has 5 N–H and O–H groups in total. The Morgan fingerprint density at radius 3 is 2.63 bits per heavy atom. The number of fused-ring (bicyclic) bond motifs is 1. The monoisotopic (exact) mass is 366 g/mol. The Kier molecular flexibility index (Phi) is 5.12. The zero-order valence-electron chi connectivity index (χ0n) is 14.2. The largest absolute Gasteiger partial charge is 0.504 e. The number of aromatic amines is 1. The number of carboxylic acids is 1. The number of phenols is 2. The minimum Gasteiger partial charge on any atom is -0.504 e. The van der Waals surface area contributed by atoms with Crippen LogP contribution in [0.1, 0.15) is 11.1 Å². The van der Waals surface area contributed by atoms with Gasteiger partial charge in [0.25, 0.3) is 0 Å². The maximum atomic E-state index is 12.1. The Morgan fingerprint density at radius 2 is 1.89 bits per heavy atom. The highest BCUT2D eigenvalue weighted by Gasteiger charge is 2.21. The standard InChI is InChI=1S/C20H18N2O5/c23-17-7-5-12(9-18(17)24)6-8-19(25)22-16(20(26)27)10-13-11-21-15-4-2-1-3-14(13)15/h1-9,11,16,21,23-24H,10H2,(H,22,25)(H,26,27)/b8-6+/t16-/m0/s1. The van der Waals surface area contributed by atoms with Crippen molar-refractivity contribution in [2.24, 2.45) is 0 Å². The van der Waals surface area contributed by atoms with E-state index < -0.39 is 17.9 Å². The van der Waals surface area contributed by atoms with E-state index in [0.29, 0.717) is 5.56 Å². The number of aromatic hydroxyl groups is 2. The molecule has 1 atom stereocenters. The van der Waals surface area contributed by atoms with Gasteiger partial charge in [0, 0.05) is 29.6 Å². The van der Waals surface area contributed by atoms with E-state index in [2.05, 4.69) is 10.3 Å². The summed E-state index contributed by atoms with van der Waals surface area (Å²) in [6, 6.07) is 10.5. The molecule has 3 rings (SSSR count). The predicted octanol–water partition coefficient (Wildman–Crippen LogP) is 2.40. The lowest BCUT2D eigenvalue weighted by atomic mass is 10.0. The molecule has 0 aliphatic carbocycles. The lowest BCUT2D eigenvalue weighted by molar-refractivity contribution is -0.141. The average Bonchev–Trinajstić information content (AvgIpc) is 3.05. The summed E-state index contributed by atoms with van der Waals surface area (Å²) in [6.07, 6.45) is 4.47. The maximum Gasteiger partial charge on any atom is 0.326 e. The van der Waals surface area contributed by atoms with E-state index in [1.54, 1.807) is 6.20 Å². The van der Waals surface area contributed by atoms with Crippen LogP contribution in [0.3, 0.4) is 0 Å². The molecule has 138 valence electrons. The highest BCUT2D eigenvalue weighted by Crippen LogP contribution is 2.25. The van der Waals surface area contributed by atoms with Gasteiger partial charge < -0.3 is 25.6 Å². The van der Waals surface area contributed by atoms with Gasteiger partial charge in [0.2, 0.25) is 5.91 Å². The topological polar surface area (TPSA) is 123 Å². The first kappa shape index (κ1) is 18.1. The predicted molar refractivity (Wildman–Crippen MR) is 100 cm³/mol. The third kappa shape index (κ3) is 4.27. The van der Waals surface area contributed by atoms with Gasteiger partial charge in [0.1, 0.15) is 6.04 Å². The van der Waals surface area contributed by atoms with Crippen LogP contribution in [0.15, 0.2) is 54.7 Å². The van der Waals surface area contributed by atoms with E-state index in [1.165, 1.54) is 30.4 Å². The number of hydrogen-bond acceptors (Lipinski definition) is 4. The molecule has 0 radical (unpaired) electrons. The molecular formula is C20H18N2O5. The molecule has 3 aromatic rings. The maximum absolute atomic E-state index is 12.1. The Morgan fingerprint density at radius 1 is 1.11 bits per heavy atom. The van der Waals surface area contributed by atoms with Crippen LogP contribution in [0.2, 0.25) is 0 Å². The third-order valence-corrected chi connectivity index (χ3v) is 4.14. The first-order chi connectivity index (χ1) is 12.9. The number of phenolic OH excluding ortho intramolecular Hbond substituents is 2. The molecule has 0 fully saturated rings. The normalized spacial score (nSPS) is 12.3. The fourth-order valence-electron chi connectivity index (χ4n) is 2.76. The summed E-state index contributed by atoms with van der Waals surface area (Å²) in [5, 5.41) is 31.5. The van der Waals surface area contributed by atoms with Crippen LogP contribution >= 0.6 is 0 Å². The van der Waals surface area contributed by atoms with Crippen molar-refractivity contribution >= 4 is 28.9 Å². The van der Waals surface area contributed by atoms with Crippen molar-refractivity contribution in [1.29, 1.82) is 0 Å². The minimum atomic E-state index is -1.13. The lowest BCUT2D eigenvalue weighted by Gasteiger charge is -2.13. The van der Waals surface area contributed by atoms with Gasteiger partial charge in [-0.25, -0.2) is 4.79 Å². The highest BCUT2D eigenvalue weighted by molar-refractivity contribution is 5.94. The van der Waals surface area contributed by atoms with Crippen LogP contribution in [-0.2, 0) is 16.0 Å². The van der Waals surface area contributed by atoms with Crippen LogP contribution in [0, 0.1) is 0 Å². The van der Waals surface area contributed by atoms with Crippen LogP contribution in [0.25, 0.3) is 17.0 Å². The van der Waals surface area contributed by atoms with Crippen molar-refractivity contribution < 1.29 is 24.9 Å². The van der Waals surface area contributed by atoms with E-state index in [9.17, 15) is 24.9 Å². The number of benzene rings is 2. The summed E-state index contributed by atoms with van der Waals surface area (Å²) in [5.74, 6) is -2.28. The molecule has 1 aromatic heterocycles. The molecule has 27 heavy (non-hydrogen) atoms. The number of amides is 1. The Bertz CT molecular complexity index is 1020. The number of hydrogen-bond donors (Lipinski definition) is 5. The summed E-state index contributed by atoms with van der Waals surface area (Å²) in [5.41, 5.74) is 2.18. The van der Waals surface area contributed by atoms with E-state index in [4.69, 9.17) is 0 Å². The second-order valence-corrected chi connectivity index (χ2v) is 6.04. The van der Waals surface area contributed by atoms with Crippen molar-refractivity contribution in [3.05, 3.63) is 65.9 Å². The first-order valence-electron chi connectivity index (χ1n) is 8.22. The molecule has 0 aliphatic heterocycles. The minimum absolute atomic E-state index is 0.138. The van der Waals surface area contributed by atoms with Crippen LogP contribution in [0.5, 0.6) is 11.5 Å². The van der Waals surface area contributed by atoms with Crippen molar-refractivity contribution in [1.82, 2.24) is 10.3 Å². The zero-order valence-corrected chi connectivity index (χ0v) is 14.2. The quantitative estimate of drug-likeness (QED) is 0.339. The molecule has 0 aliphatic rings. The molecule has 0 saturated heterocycles. The fraction of sp³-hybridized carbons (Fsp3) is 0.100. The molecule has 0 unspecified atom stereocenters. The second-order valence-electron chi connectivity index (χ2n) is 6.04. The summed E-state index contributed by atoms with van der Waals surface area (Å²) in [7, 11) is 0. The molecule has 1 heterocycles. The van der Waals surface area contributed by atoms with Gasteiger partial charge in [-0.2, -0.15) is 0 Å². The number of aliphatic carboxylic acids is 1. The van der Waals surface area contributed by atoms with E-state index in [0.717, 1.165) is 16.5 Å². The fourth-order valence-corrected chi connectivity index (χ4v) is 2.76. The van der Waals surface area contributed by atoms with E-state index in [1.807, 2.05) is 24.3 Å².